The van der Waals surface area contributed by atoms with Crippen molar-refractivity contribution in [3.63, 3.8) is 0 Å². The highest BCUT2D eigenvalue weighted by molar-refractivity contribution is 6.37. The van der Waals surface area contributed by atoms with Crippen molar-refractivity contribution >= 4 is 132 Å². The third-order valence-corrected chi connectivity index (χ3v) is 13.8. The summed E-state index contributed by atoms with van der Waals surface area (Å²) in [5, 5.41) is 20.8. The zero-order chi connectivity index (χ0) is 43.7. The summed E-state index contributed by atoms with van der Waals surface area (Å²) in [5.41, 5.74) is 2.67. The highest BCUT2D eigenvalue weighted by Gasteiger charge is 2.36. The molecule has 0 saturated heterocycles. The average molecular weight is 852 g/mol. The van der Waals surface area contributed by atoms with Crippen molar-refractivity contribution in [1.29, 1.82) is 0 Å². The van der Waals surface area contributed by atoms with Gasteiger partial charge in [-0.2, -0.15) is 30.0 Å². The molecule has 0 aromatic heterocycles. The molecule has 0 atom stereocenters. The lowest BCUT2D eigenvalue weighted by Gasteiger charge is -2.31. The highest BCUT2D eigenvalue weighted by atomic mass is 15.5. The number of fused-ring (bicyclic) bond motifs is 12. The van der Waals surface area contributed by atoms with Gasteiger partial charge >= 0.3 is 0 Å². The monoisotopic (exact) mass is 851 g/mol. The van der Waals surface area contributed by atoms with Crippen LogP contribution in [0.1, 0.15) is 16.7 Å². The molecule has 12 aromatic rings. The number of guanidine groups is 3. The summed E-state index contributed by atoms with van der Waals surface area (Å²) in [6, 6.07) is 71.4. The van der Waals surface area contributed by atoms with E-state index in [0.717, 1.165) is 49.0 Å². The minimum absolute atomic E-state index is 0.412. The van der Waals surface area contributed by atoms with Crippen molar-refractivity contribution in [3.05, 3.63) is 217 Å². The first-order chi connectivity index (χ1) is 33.1. The lowest BCUT2D eigenvalue weighted by atomic mass is 9.95. The van der Waals surface area contributed by atoms with Crippen molar-refractivity contribution in [2.75, 3.05) is 0 Å². The van der Waals surface area contributed by atoms with Crippen molar-refractivity contribution in [2.45, 2.75) is 0 Å². The summed E-state index contributed by atoms with van der Waals surface area (Å²) in [7, 11) is 0. The Morgan fingerprint density at radius 3 is 0.821 bits per heavy atom. The van der Waals surface area contributed by atoms with Gasteiger partial charge in [0.05, 0.1) is 0 Å². The molecule has 308 valence electrons. The minimum Gasteiger partial charge on any atom is -0.213 e. The van der Waals surface area contributed by atoms with E-state index >= 15 is 0 Å². The molecular formula is C60H33N7. The number of hydrogen-bond donors (Lipinski definition) is 0. The summed E-state index contributed by atoms with van der Waals surface area (Å²) in [6.45, 7) is 0. The molecule has 3 aliphatic heterocycles. The van der Waals surface area contributed by atoms with Crippen molar-refractivity contribution in [1.82, 2.24) is 4.90 Å². The van der Waals surface area contributed by atoms with E-state index < -0.39 is 0 Å². The highest BCUT2D eigenvalue weighted by Crippen LogP contribution is 2.37. The number of rotatable bonds is 3. The smallest absolute Gasteiger partial charge is 0.213 e. The second-order valence-corrected chi connectivity index (χ2v) is 17.5. The molecule has 15 rings (SSSR count). The Balaban J connectivity index is 0.954. The van der Waals surface area contributed by atoms with Gasteiger partial charge in [-0.15, -0.1) is 0 Å². The van der Waals surface area contributed by atoms with Gasteiger partial charge in [-0.05, 0) is 133 Å². The fraction of sp³-hybridized carbons (Fsp3) is 0. The SMILES string of the molecule is c1ccc2cc3c(ccc4c(C5=NC6=NC(c7cccc8c7ccc7cc9ccccc9cc78)=NC7=NC(c8cccc9c8ccc8cc%10ccccc%10cc89)=NC(=N5)N67)cccc43)cc2c1. The summed E-state index contributed by atoms with van der Waals surface area (Å²) in [6.07, 6.45) is 0. The molecule has 0 fully saturated rings. The van der Waals surface area contributed by atoms with Gasteiger partial charge in [-0.3, -0.25) is 0 Å². The topological polar surface area (TPSA) is 77.4 Å². The van der Waals surface area contributed by atoms with E-state index in [1.807, 2.05) is 0 Å². The van der Waals surface area contributed by atoms with Crippen molar-refractivity contribution in [2.24, 2.45) is 30.0 Å². The van der Waals surface area contributed by atoms with Crippen LogP contribution >= 0.6 is 0 Å². The van der Waals surface area contributed by atoms with Gasteiger partial charge in [-0.1, -0.05) is 164 Å². The van der Waals surface area contributed by atoms with Gasteiger partial charge in [0.1, 0.15) is 0 Å². The maximum atomic E-state index is 5.26. The third-order valence-electron chi connectivity index (χ3n) is 13.8. The van der Waals surface area contributed by atoms with Gasteiger partial charge in [0.25, 0.3) is 0 Å². The number of hydrogen-bond acceptors (Lipinski definition) is 7. The number of benzene rings is 12. The van der Waals surface area contributed by atoms with Crippen LogP contribution in [-0.4, -0.2) is 40.3 Å². The lowest BCUT2D eigenvalue weighted by molar-refractivity contribution is 0.828. The number of amidine groups is 3. The molecule has 3 aliphatic rings. The zero-order valence-corrected chi connectivity index (χ0v) is 35.7. The standard InChI is InChI=1S/C60H33N7/c1-4-13-37-31-52-40(28-34(37)10-1)22-25-46-43(52)16-7-19-49(46)55-61-58-63-56(50-20-8-17-44-47(50)26-23-41-29-35-11-2-5-14-38(35)32-53(41)44)65-60-66-57(64-59(62-55)67(58)60)51-21-9-18-45-48(51)27-24-42-30-36-12-3-6-15-39(36)33-54(42)45/h1-33H. The summed E-state index contributed by atoms with van der Waals surface area (Å²) >= 11 is 0. The summed E-state index contributed by atoms with van der Waals surface area (Å²) in [4.78, 5) is 33.3. The predicted octanol–water partition coefficient (Wildman–Crippen LogP) is 14.1. The van der Waals surface area contributed by atoms with E-state index in [4.69, 9.17) is 30.0 Å². The third kappa shape index (κ3) is 5.46. The van der Waals surface area contributed by atoms with E-state index in [-0.39, 0.29) is 0 Å². The molecule has 0 radical (unpaired) electrons. The number of aliphatic imine (C=N–C) groups is 6. The minimum atomic E-state index is 0.412. The van der Waals surface area contributed by atoms with Crippen LogP contribution in [0, 0.1) is 0 Å². The van der Waals surface area contributed by atoms with Gasteiger partial charge in [0, 0.05) is 16.7 Å². The van der Waals surface area contributed by atoms with E-state index in [9.17, 15) is 0 Å². The Labute approximate surface area is 382 Å². The fourth-order valence-electron chi connectivity index (χ4n) is 10.6. The molecule has 0 aliphatic carbocycles. The number of nitrogens with zero attached hydrogens (tertiary/aromatic N) is 7. The second-order valence-electron chi connectivity index (χ2n) is 17.5. The lowest BCUT2D eigenvalue weighted by Crippen LogP contribution is -2.48. The Kier molecular flexibility index (Phi) is 7.37. The first kappa shape index (κ1) is 36.2. The van der Waals surface area contributed by atoms with Crippen LogP contribution in [0.4, 0.5) is 0 Å². The molecule has 0 amide bonds. The van der Waals surface area contributed by atoms with Crippen LogP contribution < -0.4 is 0 Å². The summed E-state index contributed by atoms with van der Waals surface area (Å²) in [5.74, 6) is 2.80. The maximum absolute atomic E-state index is 5.26. The molecular weight excluding hydrogens is 819 g/mol. The molecule has 0 N–H and O–H groups in total. The molecule has 0 unspecified atom stereocenters. The Bertz CT molecular complexity index is 4000. The van der Waals surface area contributed by atoms with Crippen LogP contribution in [0.15, 0.2) is 230 Å². The van der Waals surface area contributed by atoms with Crippen LogP contribution in [0.5, 0.6) is 0 Å². The largest absolute Gasteiger partial charge is 0.243 e. The molecule has 7 heteroatoms. The van der Waals surface area contributed by atoms with Crippen LogP contribution in [0.2, 0.25) is 0 Å². The van der Waals surface area contributed by atoms with E-state index in [1.54, 1.807) is 4.90 Å². The first-order valence-corrected chi connectivity index (χ1v) is 22.5. The van der Waals surface area contributed by atoms with Crippen LogP contribution in [-0.2, 0) is 0 Å². The van der Waals surface area contributed by atoms with Crippen molar-refractivity contribution in [3.8, 4) is 0 Å². The molecule has 7 nitrogen and oxygen atoms in total. The maximum Gasteiger partial charge on any atom is 0.243 e. The van der Waals surface area contributed by atoms with Gasteiger partial charge in [-0.25, -0.2) is 4.90 Å². The van der Waals surface area contributed by atoms with Crippen LogP contribution in [0.25, 0.3) is 97.0 Å². The van der Waals surface area contributed by atoms with Crippen LogP contribution in [0.3, 0.4) is 0 Å². The van der Waals surface area contributed by atoms with E-state index in [1.165, 1.54) is 64.6 Å². The van der Waals surface area contributed by atoms with Gasteiger partial charge in [0.15, 0.2) is 17.5 Å². The summed E-state index contributed by atoms with van der Waals surface area (Å²) < 4.78 is 0. The fourth-order valence-corrected chi connectivity index (χ4v) is 10.6. The van der Waals surface area contributed by atoms with E-state index in [0.29, 0.717) is 35.4 Å². The first-order valence-electron chi connectivity index (χ1n) is 22.5. The van der Waals surface area contributed by atoms with Crippen molar-refractivity contribution < 1.29 is 0 Å². The molecule has 12 aromatic carbocycles. The normalized spacial score (nSPS) is 14.8. The Hall–Kier alpha value is -9.20. The molecule has 0 saturated carbocycles. The predicted molar refractivity (Wildman–Crippen MR) is 281 cm³/mol. The quantitative estimate of drug-likeness (QED) is 0.129. The molecule has 3 heterocycles. The average Bonchev–Trinajstić information content (AvgIpc) is 3.38. The van der Waals surface area contributed by atoms with E-state index in [2.05, 4.69) is 200 Å². The molecule has 0 spiro atoms. The molecule has 67 heavy (non-hydrogen) atoms. The van der Waals surface area contributed by atoms with Gasteiger partial charge < -0.3 is 0 Å². The second kappa shape index (κ2) is 13.7. The molecule has 0 bridgehead atoms. The zero-order valence-electron chi connectivity index (χ0n) is 35.7. The Morgan fingerprint density at radius 2 is 0.507 bits per heavy atom. The van der Waals surface area contributed by atoms with Gasteiger partial charge in [0.2, 0.25) is 17.9 Å². The Morgan fingerprint density at radius 1 is 0.209 bits per heavy atom.